The molecule has 11 heteroatoms. The molecule has 0 bridgehead atoms. The molecule has 1 aliphatic heterocycles. The highest BCUT2D eigenvalue weighted by Gasteiger charge is 2.24. The second-order valence-electron chi connectivity index (χ2n) is 9.88. The van der Waals surface area contributed by atoms with E-state index in [0.717, 1.165) is 49.5 Å². The summed E-state index contributed by atoms with van der Waals surface area (Å²) in [5, 5.41) is 7.40. The third kappa shape index (κ3) is 7.40. The molecule has 3 N–H and O–H groups in total. The SMILES string of the molecule is COCCN1CC[C@H](c2ccc(F)c(Cl)c2)C1.Cc1c(-c2ccn(C)c(=O)c2)nn(-c2ccccc2)c1NC(N)=O. The van der Waals surface area contributed by atoms with E-state index in [4.69, 9.17) is 22.1 Å². The molecule has 2 aromatic heterocycles. The first kappa shape index (κ1) is 30.0. The van der Waals surface area contributed by atoms with Gasteiger partial charge in [-0.3, -0.25) is 10.1 Å². The Morgan fingerprint density at radius 3 is 2.61 bits per heavy atom. The number of benzene rings is 2. The number of carbonyl (C=O) groups is 1. The standard InChI is InChI=1S/C17H17N5O2.C13H17ClFNO/c1-11-15(12-8-9-21(2)14(23)10-12)20-22(16(11)19-17(18)24)13-6-4-3-5-7-13;1-17-7-6-16-5-4-11(9-16)10-2-3-13(15)12(14)8-10/h3-10H,1-2H3,(H3,18,19,24);2-3,8,11H,4-7,9H2,1H3/t;11-/m.0/s1. The number of carbonyl (C=O) groups excluding carboxylic acids is 1. The Morgan fingerprint density at radius 2 is 1.95 bits per heavy atom. The zero-order valence-electron chi connectivity index (χ0n) is 23.3. The molecule has 1 fully saturated rings. The molecule has 1 atom stereocenters. The number of primary amides is 1. The fourth-order valence-electron chi connectivity index (χ4n) is 4.78. The predicted molar refractivity (Wildman–Crippen MR) is 159 cm³/mol. The fraction of sp³-hybridized carbons (Fsp3) is 0.300. The number of likely N-dealkylation sites (tertiary alicyclic amines) is 1. The summed E-state index contributed by atoms with van der Waals surface area (Å²) < 4.78 is 21.2. The molecular formula is C30H34ClFN6O3. The quantitative estimate of drug-likeness (QED) is 0.322. The van der Waals surface area contributed by atoms with E-state index in [2.05, 4.69) is 15.3 Å². The van der Waals surface area contributed by atoms with Crippen LogP contribution in [-0.4, -0.2) is 58.6 Å². The van der Waals surface area contributed by atoms with Gasteiger partial charge in [0.05, 0.1) is 23.0 Å². The number of amides is 2. The van der Waals surface area contributed by atoms with Crippen LogP contribution in [0.1, 0.15) is 23.5 Å². The monoisotopic (exact) mass is 580 g/mol. The topological polar surface area (TPSA) is 107 Å². The molecule has 216 valence electrons. The van der Waals surface area contributed by atoms with Gasteiger partial charge >= 0.3 is 6.03 Å². The average molecular weight is 581 g/mol. The van der Waals surface area contributed by atoms with Gasteiger partial charge in [-0.2, -0.15) is 5.10 Å². The van der Waals surface area contributed by atoms with Crippen LogP contribution >= 0.6 is 11.6 Å². The van der Waals surface area contributed by atoms with Crippen molar-refractivity contribution < 1.29 is 13.9 Å². The molecule has 0 aliphatic carbocycles. The maximum absolute atomic E-state index is 13.1. The number of aryl methyl sites for hydroxylation is 1. The van der Waals surface area contributed by atoms with Gasteiger partial charge in [-0.15, -0.1) is 0 Å². The molecule has 1 saturated heterocycles. The van der Waals surface area contributed by atoms with Gasteiger partial charge in [-0.25, -0.2) is 13.9 Å². The third-order valence-corrected chi connectivity index (χ3v) is 7.33. The zero-order chi connectivity index (χ0) is 29.5. The van der Waals surface area contributed by atoms with E-state index in [0.29, 0.717) is 23.0 Å². The fourth-order valence-corrected chi connectivity index (χ4v) is 4.97. The number of aromatic nitrogens is 3. The molecule has 9 nitrogen and oxygen atoms in total. The van der Waals surface area contributed by atoms with Crippen LogP contribution < -0.4 is 16.6 Å². The average Bonchev–Trinajstić information content (AvgIpc) is 3.56. The number of nitrogens with two attached hydrogens (primary N) is 1. The molecule has 5 rings (SSSR count). The van der Waals surface area contributed by atoms with Crippen molar-refractivity contribution in [3.63, 3.8) is 0 Å². The summed E-state index contributed by atoms with van der Waals surface area (Å²) in [6.45, 7) is 5.62. The van der Waals surface area contributed by atoms with Crippen LogP contribution in [0.25, 0.3) is 16.9 Å². The summed E-state index contributed by atoms with van der Waals surface area (Å²) in [5.41, 5.74) is 9.08. The number of hydrogen-bond acceptors (Lipinski definition) is 5. The molecule has 2 aromatic carbocycles. The molecule has 0 spiro atoms. The lowest BCUT2D eigenvalue weighted by atomic mass is 9.98. The molecule has 0 unspecified atom stereocenters. The van der Waals surface area contributed by atoms with Gasteiger partial charge in [-0.1, -0.05) is 35.9 Å². The van der Waals surface area contributed by atoms with Crippen LogP contribution in [0.2, 0.25) is 5.02 Å². The lowest BCUT2D eigenvalue weighted by molar-refractivity contribution is 0.160. The molecular weight excluding hydrogens is 547 g/mol. The van der Waals surface area contributed by atoms with E-state index in [-0.39, 0.29) is 16.4 Å². The van der Waals surface area contributed by atoms with Crippen LogP contribution in [-0.2, 0) is 11.8 Å². The Balaban J connectivity index is 0.000000201. The first-order chi connectivity index (χ1) is 19.7. The summed E-state index contributed by atoms with van der Waals surface area (Å²) in [6.07, 6.45) is 2.78. The number of hydrogen-bond donors (Lipinski definition) is 2. The first-order valence-corrected chi connectivity index (χ1v) is 13.6. The molecule has 0 saturated carbocycles. The Bertz CT molecular complexity index is 1560. The van der Waals surface area contributed by atoms with Gasteiger partial charge in [0.1, 0.15) is 11.6 Å². The van der Waals surface area contributed by atoms with Crippen LogP contribution in [0.5, 0.6) is 0 Å². The van der Waals surface area contributed by atoms with E-state index in [1.807, 2.05) is 43.3 Å². The van der Waals surface area contributed by atoms with Gasteiger partial charge in [0.25, 0.3) is 5.56 Å². The normalized spacial score (nSPS) is 14.9. The number of ether oxygens (including phenoxy) is 1. The van der Waals surface area contributed by atoms with E-state index >= 15 is 0 Å². The summed E-state index contributed by atoms with van der Waals surface area (Å²) in [5.74, 6) is 0.596. The number of urea groups is 1. The van der Waals surface area contributed by atoms with Gasteiger partial charge in [0.15, 0.2) is 0 Å². The lowest BCUT2D eigenvalue weighted by Crippen LogP contribution is -2.24. The van der Waals surface area contributed by atoms with Crippen molar-refractivity contribution in [2.75, 3.05) is 38.7 Å². The van der Waals surface area contributed by atoms with Crippen molar-refractivity contribution in [3.05, 3.63) is 99.2 Å². The van der Waals surface area contributed by atoms with E-state index in [1.165, 1.54) is 16.7 Å². The number of pyridine rings is 1. The molecule has 0 radical (unpaired) electrons. The number of para-hydroxylation sites is 1. The smallest absolute Gasteiger partial charge is 0.317 e. The first-order valence-electron chi connectivity index (χ1n) is 13.2. The summed E-state index contributed by atoms with van der Waals surface area (Å²) in [7, 11) is 3.40. The minimum absolute atomic E-state index is 0.134. The second kappa shape index (κ2) is 13.6. The number of halogens is 2. The molecule has 2 amide bonds. The lowest BCUT2D eigenvalue weighted by Gasteiger charge is -2.15. The van der Waals surface area contributed by atoms with Crippen molar-refractivity contribution >= 4 is 23.4 Å². The highest BCUT2D eigenvalue weighted by atomic mass is 35.5. The van der Waals surface area contributed by atoms with Gasteiger partial charge < -0.3 is 19.9 Å². The Hall–Kier alpha value is -3.99. The number of methoxy groups -OCH3 is 1. The van der Waals surface area contributed by atoms with Crippen molar-refractivity contribution in [1.82, 2.24) is 19.2 Å². The zero-order valence-corrected chi connectivity index (χ0v) is 24.1. The maximum Gasteiger partial charge on any atom is 0.317 e. The minimum atomic E-state index is -0.675. The number of rotatable bonds is 7. The molecule has 1 aliphatic rings. The summed E-state index contributed by atoms with van der Waals surface area (Å²) in [6, 6.07) is 17.1. The number of anilines is 1. The predicted octanol–water partition coefficient (Wildman–Crippen LogP) is 4.95. The van der Waals surface area contributed by atoms with E-state index in [1.54, 1.807) is 37.2 Å². The van der Waals surface area contributed by atoms with Gasteiger partial charge in [0.2, 0.25) is 0 Å². The van der Waals surface area contributed by atoms with Gasteiger partial charge in [-0.05, 0) is 61.7 Å². The highest BCUT2D eigenvalue weighted by molar-refractivity contribution is 6.30. The Kier molecular flexibility index (Phi) is 9.93. The summed E-state index contributed by atoms with van der Waals surface area (Å²) >= 11 is 5.80. The van der Waals surface area contributed by atoms with Crippen molar-refractivity contribution in [2.45, 2.75) is 19.3 Å². The maximum atomic E-state index is 13.1. The Morgan fingerprint density at radius 1 is 1.20 bits per heavy atom. The number of nitrogens with one attached hydrogen (secondary N) is 1. The Labute approximate surface area is 243 Å². The third-order valence-electron chi connectivity index (χ3n) is 7.04. The number of nitrogens with zero attached hydrogens (tertiary/aromatic N) is 4. The molecule has 41 heavy (non-hydrogen) atoms. The van der Waals surface area contributed by atoms with Crippen molar-refractivity contribution in [1.29, 1.82) is 0 Å². The van der Waals surface area contributed by atoms with Crippen LogP contribution in [0.3, 0.4) is 0 Å². The van der Waals surface area contributed by atoms with Gasteiger partial charge in [0, 0.05) is 50.6 Å². The van der Waals surface area contributed by atoms with Crippen LogP contribution in [0.15, 0.2) is 71.7 Å². The van der Waals surface area contributed by atoms with Crippen LogP contribution in [0, 0.1) is 12.7 Å². The van der Waals surface area contributed by atoms with Crippen molar-refractivity contribution in [3.8, 4) is 16.9 Å². The largest absolute Gasteiger partial charge is 0.383 e. The minimum Gasteiger partial charge on any atom is -0.383 e. The van der Waals surface area contributed by atoms with Crippen molar-refractivity contribution in [2.24, 2.45) is 12.8 Å². The summed E-state index contributed by atoms with van der Waals surface area (Å²) in [4.78, 5) is 25.6. The molecule has 3 heterocycles. The van der Waals surface area contributed by atoms with Crippen LogP contribution in [0.4, 0.5) is 15.0 Å². The molecule has 4 aromatic rings. The van der Waals surface area contributed by atoms with E-state index in [9.17, 15) is 14.0 Å². The second-order valence-corrected chi connectivity index (χ2v) is 10.3. The van der Waals surface area contributed by atoms with E-state index < -0.39 is 6.03 Å². The highest BCUT2D eigenvalue weighted by Crippen LogP contribution is 2.30.